The standard InChI is InChI=1S/C22H23ClN4O4S/c1-22(2,3)21-26-25-19(31-21)14-6-9-18-17(10-14)27(11-13-4-7-15(23)8-5-13)20(28)16(24)12-32(18,29)30/h4-10,16H,11-12,24H2,1-3H3/t16-/m0/s1/i1D3,2D3,3D3. The van der Waals surface area contributed by atoms with Gasteiger partial charge in [0, 0.05) is 28.3 Å². The van der Waals surface area contributed by atoms with Gasteiger partial charge in [0.05, 0.1) is 28.9 Å². The van der Waals surface area contributed by atoms with Crippen LogP contribution in [0.25, 0.3) is 11.5 Å². The molecule has 1 atom stereocenters. The van der Waals surface area contributed by atoms with E-state index < -0.39 is 65.3 Å². The summed E-state index contributed by atoms with van der Waals surface area (Å²) >= 11 is 5.95. The third-order valence-corrected chi connectivity index (χ3v) is 6.88. The first-order valence-corrected chi connectivity index (χ1v) is 11.3. The third-order valence-electron chi connectivity index (χ3n) is 4.81. The number of carbonyl (C=O) groups is 1. The number of hydrogen-bond acceptors (Lipinski definition) is 7. The maximum Gasteiger partial charge on any atom is 0.247 e. The highest BCUT2D eigenvalue weighted by Gasteiger charge is 2.36. The Kier molecular flexibility index (Phi) is 3.42. The Balaban J connectivity index is 1.90. The highest BCUT2D eigenvalue weighted by molar-refractivity contribution is 7.91. The number of nitrogens with two attached hydrogens (primary N) is 1. The summed E-state index contributed by atoms with van der Waals surface area (Å²) in [6.45, 7) is -11.0. The summed E-state index contributed by atoms with van der Waals surface area (Å²) in [5, 5.41) is 7.65. The van der Waals surface area contributed by atoms with Crippen LogP contribution in [0.2, 0.25) is 5.02 Å². The number of rotatable bonds is 3. The maximum absolute atomic E-state index is 13.3. The molecule has 0 bridgehead atoms. The minimum Gasteiger partial charge on any atom is -0.420 e. The second-order valence-electron chi connectivity index (χ2n) is 7.28. The summed E-state index contributed by atoms with van der Waals surface area (Å²) in [5.41, 5.74) is 2.84. The van der Waals surface area contributed by atoms with E-state index in [9.17, 15) is 13.2 Å². The van der Waals surface area contributed by atoms with Crippen LogP contribution >= 0.6 is 11.6 Å². The van der Waals surface area contributed by atoms with Gasteiger partial charge in [-0.25, -0.2) is 8.42 Å². The lowest BCUT2D eigenvalue weighted by molar-refractivity contribution is -0.119. The van der Waals surface area contributed by atoms with Gasteiger partial charge in [-0.05, 0) is 35.9 Å². The summed E-state index contributed by atoms with van der Waals surface area (Å²) in [4.78, 5) is 14.2. The van der Waals surface area contributed by atoms with Crippen molar-refractivity contribution < 1.29 is 30.0 Å². The number of nitrogens with zero attached hydrogens (tertiary/aromatic N) is 3. The summed E-state index contributed by atoms with van der Waals surface area (Å²) in [6, 6.07) is 8.62. The van der Waals surface area contributed by atoms with Gasteiger partial charge in [0.15, 0.2) is 9.84 Å². The van der Waals surface area contributed by atoms with E-state index >= 15 is 0 Å². The van der Waals surface area contributed by atoms with Gasteiger partial charge in [-0.3, -0.25) is 4.79 Å². The van der Waals surface area contributed by atoms with Gasteiger partial charge in [-0.1, -0.05) is 44.3 Å². The molecule has 0 radical (unpaired) electrons. The van der Waals surface area contributed by atoms with E-state index in [4.69, 9.17) is 34.1 Å². The molecule has 1 aromatic heterocycles. The molecule has 4 rings (SSSR count). The number of aromatic nitrogens is 2. The highest BCUT2D eigenvalue weighted by atomic mass is 35.5. The van der Waals surface area contributed by atoms with Crippen LogP contribution in [-0.2, 0) is 26.6 Å². The van der Waals surface area contributed by atoms with Crippen molar-refractivity contribution in [1.29, 1.82) is 0 Å². The average Bonchev–Trinajstić information content (AvgIpc) is 3.27. The van der Waals surface area contributed by atoms with Crippen LogP contribution in [-0.4, -0.2) is 36.3 Å². The largest absolute Gasteiger partial charge is 0.420 e. The minimum atomic E-state index is -4.07. The molecular formula is C22H23ClN4O4S. The Morgan fingerprint density at radius 2 is 1.94 bits per heavy atom. The lowest BCUT2D eigenvalue weighted by Crippen LogP contribution is -2.45. The maximum atomic E-state index is 13.3. The molecule has 2 N–H and O–H groups in total. The van der Waals surface area contributed by atoms with Crippen molar-refractivity contribution in [1.82, 2.24) is 10.2 Å². The molecule has 0 fully saturated rings. The molecular weight excluding hydrogens is 452 g/mol. The second kappa shape index (κ2) is 7.99. The number of hydrogen-bond donors (Lipinski definition) is 1. The van der Waals surface area contributed by atoms with E-state index in [1.807, 2.05) is 0 Å². The fraction of sp³-hybridized carbons (Fsp3) is 0.318. The molecule has 3 aromatic rings. The molecule has 168 valence electrons. The summed E-state index contributed by atoms with van der Waals surface area (Å²) < 4.78 is 102. The van der Waals surface area contributed by atoms with Gasteiger partial charge >= 0.3 is 0 Å². The van der Waals surface area contributed by atoms with E-state index in [0.29, 0.717) is 10.6 Å². The molecule has 2 heterocycles. The zero-order valence-electron chi connectivity index (χ0n) is 25.4. The second-order valence-corrected chi connectivity index (χ2v) is 9.72. The van der Waals surface area contributed by atoms with Crippen LogP contribution in [0.5, 0.6) is 0 Å². The van der Waals surface area contributed by atoms with Crippen molar-refractivity contribution in [3.05, 3.63) is 58.9 Å². The Hall–Kier alpha value is -2.75. The van der Waals surface area contributed by atoms with Crippen LogP contribution in [0.3, 0.4) is 0 Å². The Morgan fingerprint density at radius 3 is 2.62 bits per heavy atom. The smallest absolute Gasteiger partial charge is 0.247 e. The number of benzene rings is 2. The number of halogens is 1. The minimum absolute atomic E-state index is 0.0439. The molecule has 2 aromatic carbocycles. The number of amides is 1. The Bertz CT molecular complexity index is 1550. The summed E-state index contributed by atoms with van der Waals surface area (Å²) in [6.07, 6.45) is 0. The summed E-state index contributed by atoms with van der Waals surface area (Å²) in [7, 11) is -4.07. The number of fused-ring (bicyclic) bond motifs is 1. The first kappa shape index (κ1) is 13.7. The summed E-state index contributed by atoms with van der Waals surface area (Å²) in [5.74, 6) is -3.06. The van der Waals surface area contributed by atoms with Gasteiger partial charge in [-0.15, -0.1) is 10.2 Å². The van der Waals surface area contributed by atoms with E-state index in [1.165, 1.54) is 12.1 Å². The van der Waals surface area contributed by atoms with E-state index in [2.05, 4.69) is 10.2 Å². The quantitative estimate of drug-likeness (QED) is 0.606. The van der Waals surface area contributed by atoms with Gasteiger partial charge in [-0.2, -0.15) is 0 Å². The lowest BCUT2D eigenvalue weighted by Gasteiger charge is -2.24. The van der Waals surface area contributed by atoms with Gasteiger partial charge in [0.25, 0.3) is 0 Å². The van der Waals surface area contributed by atoms with Crippen LogP contribution in [0.4, 0.5) is 5.69 Å². The Morgan fingerprint density at radius 1 is 1.22 bits per heavy atom. The molecule has 0 saturated carbocycles. The van der Waals surface area contributed by atoms with Crippen LogP contribution in [0, 0.1) is 0 Å². The fourth-order valence-electron chi connectivity index (χ4n) is 3.27. The van der Waals surface area contributed by atoms with Crippen LogP contribution < -0.4 is 10.6 Å². The molecule has 8 nitrogen and oxygen atoms in total. The van der Waals surface area contributed by atoms with Gasteiger partial charge in [0.1, 0.15) is 0 Å². The Labute approximate surface area is 203 Å². The molecule has 0 spiro atoms. The first-order valence-electron chi connectivity index (χ1n) is 13.7. The predicted octanol–water partition coefficient (Wildman–Crippen LogP) is 3.34. The average molecular weight is 484 g/mol. The molecule has 0 unspecified atom stereocenters. The van der Waals surface area contributed by atoms with E-state index in [-0.39, 0.29) is 22.7 Å². The molecule has 32 heavy (non-hydrogen) atoms. The highest BCUT2D eigenvalue weighted by Crippen LogP contribution is 2.35. The normalized spacial score (nSPS) is 23.7. The van der Waals surface area contributed by atoms with Gasteiger partial charge < -0.3 is 15.1 Å². The van der Waals surface area contributed by atoms with Crippen LogP contribution in [0.1, 0.15) is 44.3 Å². The zero-order valence-corrected chi connectivity index (χ0v) is 17.9. The predicted molar refractivity (Wildman–Crippen MR) is 121 cm³/mol. The number of anilines is 1. The fourth-order valence-corrected chi connectivity index (χ4v) is 4.95. The molecule has 0 aliphatic carbocycles. The van der Waals surface area contributed by atoms with Crippen molar-refractivity contribution in [3.63, 3.8) is 0 Å². The van der Waals surface area contributed by atoms with Crippen molar-refractivity contribution >= 4 is 33.0 Å². The molecule has 1 aliphatic rings. The number of carbonyl (C=O) groups excluding carboxylic acids is 1. The lowest BCUT2D eigenvalue weighted by atomic mass is 9.97. The van der Waals surface area contributed by atoms with Crippen molar-refractivity contribution in [3.8, 4) is 11.5 Å². The molecule has 10 heteroatoms. The number of sulfone groups is 1. The topological polar surface area (TPSA) is 119 Å². The van der Waals surface area contributed by atoms with Crippen molar-refractivity contribution in [2.75, 3.05) is 10.7 Å². The monoisotopic (exact) mass is 483 g/mol. The molecule has 0 saturated heterocycles. The third kappa shape index (κ3) is 4.28. The van der Waals surface area contributed by atoms with Gasteiger partial charge in [0.2, 0.25) is 17.7 Å². The SMILES string of the molecule is [2H]C([2H])([2H])C(c1nnc(-c2ccc3c(c2)N(Cc2ccc(Cl)cc2)C(=O)[C@@H](N)CS3(=O)=O)o1)(C([2H])([2H])[2H])C([2H])([2H])[2H]. The van der Waals surface area contributed by atoms with Crippen LogP contribution in [0.15, 0.2) is 51.8 Å². The zero-order chi connectivity index (χ0) is 30.8. The van der Waals surface area contributed by atoms with E-state index in [1.54, 1.807) is 24.3 Å². The molecule has 1 aliphatic heterocycles. The molecule has 1 amide bonds. The van der Waals surface area contributed by atoms with Crippen molar-refractivity contribution in [2.45, 2.75) is 43.5 Å². The first-order chi connectivity index (χ1) is 18.7. The van der Waals surface area contributed by atoms with Crippen molar-refractivity contribution in [2.24, 2.45) is 5.73 Å². The van der Waals surface area contributed by atoms with E-state index in [0.717, 1.165) is 11.0 Å².